The number of benzene rings is 1. The third-order valence-corrected chi connectivity index (χ3v) is 4.99. The maximum absolute atomic E-state index is 12.5. The molecule has 1 aromatic carbocycles. The van der Waals surface area contributed by atoms with Crippen LogP contribution in [0.5, 0.6) is 5.75 Å². The zero-order chi connectivity index (χ0) is 19.4. The number of hydrogen-bond acceptors (Lipinski definition) is 6. The first-order valence-electron chi connectivity index (χ1n) is 8.81. The largest absolute Gasteiger partial charge is 0.491 e. The molecule has 27 heavy (non-hydrogen) atoms. The molecular formula is C19H22N2O5S. The van der Waals surface area contributed by atoms with Crippen LogP contribution in [0, 0.1) is 0 Å². The van der Waals surface area contributed by atoms with Crippen LogP contribution in [-0.4, -0.2) is 65.8 Å². The highest BCUT2D eigenvalue weighted by Gasteiger charge is 2.37. The van der Waals surface area contributed by atoms with Crippen LogP contribution in [0.4, 0.5) is 4.79 Å². The third-order valence-electron chi connectivity index (χ3n) is 4.08. The molecule has 7 nitrogen and oxygen atoms in total. The molecule has 0 spiro atoms. The molecule has 0 radical (unpaired) electrons. The van der Waals surface area contributed by atoms with Gasteiger partial charge in [0.2, 0.25) is 5.91 Å². The molecule has 3 amide bonds. The summed E-state index contributed by atoms with van der Waals surface area (Å²) in [4.78, 5) is 40.0. The second kappa shape index (κ2) is 8.58. The summed E-state index contributed by atoms with van der Waals surface area (Å²) < 4.78 is 10.8. The van der Waals surface area contributed by atoms with Gasteiger partial charge in [-0.05, 0) is 49.4 Å². The monoisotopic (exact) mass is 390 g/mol. The second-order valence-electron chi connectivity index (χ2n) is 6.50. The lowest BCUT2D eigenvalue weighted by Gasteiger charge is -2.28. The van der Waals surface area contributed by atoms with Crippen molar-refractivity contribution in [1.82, 2.24) is 9.80 Å². The summed E-state index contributed by atoms with van der Waals surface area (Å²) in [6.07, 6.45) is 1.74. The van der Waals surface area contributed by atoms with Crippen LogP contribution in [0.1, 0.15) is 19.4 Å². The molecule has 144 valence electrons. The van der Waals surface area contributed by atoms with Crippen molar-refractivity contribution >= 4 is 34.9 Å². The Kier molecular flexibility index (Phi) is 6.18. The Hall–Kier alpha value is -2.32. The first-order valence-corrected chi connectivity index (χ1v) is 9.63. The van der Waals surface area contributed by atoms with Crippen LogP contribution in [0.25, 0.3) is 6.08 Å². The molecule has 0 bridgehead atoms. The second-order valence-corrected chi connectivity index (χ2v) is 7.49. The first kappa shape index (κ1) is 19.4. The predicted octanol–water partition coefficient (Wildman–Crippen LogP) is 2.37. The fraction of sp³-hybridized carbons (Fsp3) is 0.421. The summed E-state index contributed by atoms with van der Waals surface area (Å²) in [6.45, 7) is 5.58. The Morgan fingerprint density at radius 2 is 1.89 bits per heavy atom. The molecule has 2 fully saturated rings. The van der Waals surface area contributed by atoms with Crippen molar-refractivity contribution in [3.63, 3.8) is 0 Å². The van der Waals surface area contributed by atoms with Gasteiger partial charge in [0.25, 0.3) is 11.1 Å². The number of carbonyl (C=O) groups excluding carboxylic acids is 3. The SMILES string of the molecule is CC(C)Oc1ccc(/C=C2/SC(=O)N(CC(=O)N3CCOCC3)C2=O)cc1. The molecule has 0 aliphatic carbocycles. The smallest absolute Gasteiger partial charge is 0.294 e. The van der Waals surface area contributed by atoms with Crippen LogP contribution in [-0.2, 0) is 14.3 Å². The van der Waals surface area contributed by atoms with Gasteiger partial charge in [0, 0.05) is 13.1 Å². The summed E-state index contributed by atoms with van der Waals surface area (Å²) in [7, 11) is 0. The van der Waals surface area contributed by atoms with Crippen LogP contribution in [0.15, 0.2) is 29.2 Å². The van der Waals surface area contributed by atoms with Crippen molar-refractivity contribution in [3.8, 4) is 5.75 Å². The molecule has 1 aromatic rings. The van der Waals surface area contributed by atoms with Gasteiger partial charge in [-0.3, -0.25) is 19.3 Å². The number of hydrogen-bond donors (Lipinski definition) is 0. The minimum Gasteiger partial charge on any atom is -0.491 e. The zero-order valence-corrected chi connectivity index (χ0v) is 16.2. The Labute approximate surface area is 162 Å². The van der Waals surface area contributed by atoms with E-state index in [0.717, 1.165) is 28.0 Å². The van der Waals surface area contributed by atoms with Crippen LogP contribution < -0.4 is 4.74 Å². The van der Waals surface area contributed by atoms with Gasteiger partial charge in [-0.1, -0.05) is 12.1 Å². The normalized spacial score (nSPS) is 19.3. The van der Waals surface area contributed by atoms with E-state index < -0.39 is 11.1 Å². The van der Waals surface area contributed by atoms with Gasteiger partial charge >= 0.3 is 0 Å². The van der Waals surface area contributed by atoms with E-state index in [1.165, 1.54) is 0 Å². The number of rotatable bonds is 5. The molecule has 0 saturated carbocycles. The predicted molar refractivity (Wildman–Crippen MR) is 102 cm³/mol. The first-order chi connectivity index (χ1) is 12.9. The van der Waals surface area contributed by atoms with E-state index in [1.54, 1.807) is 11.0 Å². The summed E-state index contributed by atoms with van der Waals surface area (Å²) in [5.41, 5.74) is 0.788. The highest BCUT2D eigenvalue weighted by atomic mass is 32.2. The maximum Gasteiger partial charge on any atom is 0.294 e. The van der Waals surface area contributed by atoms with Gasteiger partial charge in [0.15, 0.2) is 0 Å². The molecule has 0 N–H and O–H groups in total. The van der Waals surface area contributed by atoms with Gasteiger partial charge in [-0.2, -0.15) is 0 Å². The quantitative estimate of drug-likeness (QED) is 0.719. The molecule has 2 aliphatic rings. The van der Waals surface area contributed by atoms with Crippen molar-refractivity contribution in [2.75, 3.05) is 32.8 Å². The van der Waals surface area contributed by atoms with Crippen molar-refractivity contribution in [3.05, 3.63) is 34.7 Å². The van der Waals surface area contributed by atoms with Crippen LogP contribution in [0.2, 0.25) is 0 Å². The minimum atomic E-state index is -0.436. The van der Waals surface area contributed by atoms with E-state index in [2.05, 4.69) is 0 Å². The lowest BCUT2D eigenvalue weighted by molar-refractivity contribution is -0.139. The molecule has 0 atom stereocenters. The topological polar surface area (TPSA) is 76.2 Å². The third kappa shape index (κ3) is 4.90. The lowest BCUT2D eigenvalue weighted by Crippen LogP contribution is -2.46. The summed E-state index contributed by atoms with van der Waals surface area (Å²) >= 11 is 0.852. The van der Waals surface area contributed by atoms with Crippen molar-refractivity contribution in [1.29, 1.82) is 0 Å². The number of morpholine rings is 1. The number of imide groups is 1. The van der Waals surface area contributed by atoms with Crippen molar-refractivity contribution in [2.24, 2.45) is 0 Å². The number of amides is 3. The summed E-state index contributed by atoms with van der Waals surface area (Å²) in [6, 6.07) is 7.28. The van der Waals surface area contributed by atoms with Crippen molar-refractivity contribution < 1.29 is 23.9 Å². The van der Waals surface area contributed by atoms with Gasteiger partial charge in [-0.25, -0.2) is 0 Å². The lowest BCUT2D eigenvalue weighted by atomic mass is 10.2. The van der Waals surface area contributed by atoms with E-state index in [4.69, 9.17) is 9.47 Å². The molecule has 0 unspecified atom stereocenters. The summed E-state index contributed by atoms with van der Waals surface area (Å²) in [5.74, 6) is 0.0671. The average molecular weight is 390 g/mol. The van der Waals surface area contributed by atoms with Crippen molar-refractivity contribution in [2.45, 2.75) is 20.0 Å². The number of ether oxygens (including phenoxy) is 2. The minimum absolute atomic E-state index is 0.0800. The fourth-order valence-electron chi connectivity index (χ4n) is 2.75. The molecule has 2 aliphatic heterocycles. The van der Waals surface area contributed by atoms with E-state index >= 15 is 0 Å². The number of carbonyl (C=O) groups is 3. The molecule has 3 rings (SSSR count). The highest BCUT2D eigenvalue weighted by molar-refractivity contribution is 8.18. The van der Waals surface area contributed by atoms with E-state index in [9.17, 15) is 14.4 Å². The average Bonchev–Trinajstić information content (AvgIpc) is 2.91. The van der Waals surface area contributed by atoms with Gasteiger partial charge in [0.05, 0.1) is 24.2 Å². The Morgan fingerprint density at radius 1 is 1.22 bits per heavy atom. The van der Waals surface area contributed by atoms with Crippen LogP contribution in [0.3, 0.4) is 0 Å². The van der Waals surface area contributed by atoms with E-state index in [-0.39, 0.29) is 18.6 Å². The fourth-order valence-corrected chi connectivity index (χ4v) is 3.59. The van der Waals surface area contributed by atoms with Gasteiger partial charge in [0.1, 0.15) is 12.3 Å². The molecule has 8 heteroatoms. The maximum atomic E-state index is 12.5. The molecule has 2 heterocycles. The summed E-state index contributed by atoms with van der Waals surface area (Å²) in [5, 5.41) is -0.423. The number of thioether (sulfide) groups is 1. The van der Waals surface area contributed by atoms with E-state index in [0.29, 0.717) is 31.2 Å². The molecular weight excluding hydrogens is 368 g/mol. The highest BCUT2D eigenvalue weighted by Crippen LogP contribution is 2.32. The molecule has 0 aromatic heterocycles. The Morgan fingerprint density at radius 3 is 2.52 bits per heavy atom. The molecule has 2 saturated heterocycles. The zero-order valence-electron chi connectivity index (χ0n) is 15.3. The number of nitrogens with zero attached hydrogens (tertiary/aromatic N) is 2. The Balaban J connectivity index is 1.66. The van der Waals surface area contributed by atoms with Gasteiger partial charge < -0.3 is 14.4 Å². The van der Waals surface area contributed by atoms with E-state index in [1.807, 2.05) is 38.1 Å². The van der Waals surface area contributed by atoms with Crippen LogP contribution >= 0.6 is 11.8 Å². The van der Waals surface area contributed by atoms with Gasteiger partial charge in [-0.15, -0.1) is 0 Å². The Bertz CT molecular complexity index is 754. The standard InChI is InChI=1S/C19H22N2O5S/c1-13(2)26-15-5-3-14(4-6-15)11-16-18(23)21(19(24)27-16)12-17(22)20-7-9-25-10-8-20/h3-6,11,13H,7-10,12H2,1-2H3/b16-11+.